The van der Waals surface area contributed by atoms with E-state index in [2.05, 4.69) is 58.4 Å². The molecule has 1 saturated heterocycles. The fraction of sp³-hybridized carbons (Fsp3) is 0.346. The van der Waals surface area contributed by atoms with E-state index >= 15 is 0 Å². The maximum absolute atomic E-state index is 12.3. The Labute approximate surface area is 184 Å². The minimum Gasteiger partial charge on any atom is -0.345 e. The molecule has 31 heavy (non-hydrogen) atoms. The molecule has 2 heterocycles. The Morgan fingerprint density at radius 3 is 2.42 bits per heavy atom. The number of aromatic nitrogens is 2. The Kier molecular flexibility index (Phi) is 6.42. The highest BCUT2D eigenvalue weighted by molar-refractivity contribution is 5.94. The van der Waals surface area contributed by atoms with E-state index in [1.54, 1.807) is 25.2 Å². The van der Waals surface area contributed by atoms with Gasteiger partial charge in [0.1, 0.15) is 5.82 Å². The van der Waals surface area contributed by atoms with E-state index < -0.39 is 0 Å². The minimum absolute atomic E-state index is 0.0527. The predicted octanol–water partition coefficient (Wildman–Crippen LogP) is 4.88. The van der Waals surface area contributed by atoms with Crippen LogP contribution < -0.4 is 0 Å². The van der Waals surface area contributed by atoms with Gasteiger partial charge in [-0.1, -0.05) is 61.0 Å². The molecule has 5 nitrogen and oxygen atoms in total. The molecule has 0 N–H and O–H groups in total. The van der Waals surface area contributed by atoms with Gasteiger partial charge in [-0.3, -0.25) is 9.69 Å². The fourth-order valence-electron chi connectivity index (χ4n) is 4.24. The molecule has 1 amide bonds. The molecule has 1 fully saturated rings. The predicted molar refractivity (Wildman–Crippen MR) is 124 cm³/mol. The first-order chi connectivity index (χ1) is 15.0. The molecule has 1 atom stereocenters. The second kappa shape index (κ2) is 9.40. The Morgan fingerprint density at radius 2 is 1.74 bits per heavy atom. The number of carbonyl (C=O) groups excluding carboxylic acids is 1. The van der Waals surface area contributed by atoms with Crippen LogP contribution in [0, 0.1) is 6.92 Å². The van der Waals surface area contributed by atoms with Crippen LogP contribution in [0.5, 0.6) is 0 Å². The molecule has 0 bridgehead atoms. The third-order valence-electron chi connectivity index (χ3n) is 5.99. The SMILES string of the molecule is Cc1nc(C2CCCCN2Cc2ccc(-c3ccccc3)cc2)ncc1C(=O)N(C)C. The van der Waals surface area contributed by atoms with Crippen molar-refractivity contribution >= 4 is 5.91 Å². The number of carbonyl (C=O) groups is 1. The van der Waals surface area contributed by atoms with Gasteiger partial charge < -0.3 is 4.90 Å². The maximum atomic E-state index is 12.3. The van der Waals surface area contributed by atoms with Gasteiger partial charge in [-0.15, -0.1) is 0 Å². The van der Waals surface area contributed by atoms with Crippen LogP contribution in [0.1, 0.15) is 52.7 Å². The van der Waals surface area contributed by atoms with Crippen LogP contribution in [-0.2, 0) is 6.54 Å². The smallest absolute Gasteiger partial charge is 0.256 e. The van der Waals surface area contributed by atoms with E-state index in [0.717, 1.165) is 31.0 Å². The second-order valence-electron chi connectivity index (χ2n) is 8.47. The van der Waals surface area contributed by atoms with Crippen molar-refractivity contribution in [3.63, 3.8) is 0 Å². The zero-order valence-electron chi connectivity index (χ0n) is 18.6. The van der Waals surface area contributed by atoms with E-state index in [1.165, 1.54) is 29.5 Å². The maximum Gasteiger partial charge on any atom is 0.256 e. The van der Waals surface area contributed by atoms with Crippen LogP contribution >= 0.6 is 0 Å². The van der Waals surface area contributed by atoms with Crippen LogP contribution in [0.25, 0.3) is 11.1 Å². The molecule has 0 radical (unpaired) electrons. The van der Waals surface area contributed by atoms with Gasteiger partial charge in [-0.2, -0.15) is 0 Å². The molecule has 0 aliphatic carbocycles. The molecular weight excluding hydrogens is 384 g/mol. The van der Waals surface area contributed by atoms with Crippen LogP contribution in [0.4, 0.5) is 0 Å². The summed E-state index contributed by atoms with van der Waals surface area (Å²) in [6, 6.07) is 19.5. The molecule has 0 saturated carbocycles. The van der Waals surface area contributed by atoms with E-state index in [4.69, 9.17) is 4.98 Å². The average Bonchev–Trinajstić information content (AvgIpc) is 2.80. The quantitative estimate of drug-likeness (QED) is 0.597. The Morgan fingerprint density at radius 1 is 1.03 bits per heavy atom. The number of amides is 1. The van der Waals surface area contributed by atoms with Gasteiger partial charge in [0.25, 0.3) is 5.91 Å². The second-order valence-corrected chi connectivity index (χ2v) is 8.47. The Balaban J connectivity index is 1.52. The lowest BCUT2D eigenvalue weighted by Gasteiger charge is -2.35. The lowest BCUT2D eigenvalue weighted by Crippen LogP contribution is -2.34. The number of likely N-dealkylation sites (tertiary alicyclic amines) is 1. The summed E-state index contributed by atoms with van der Waals surface area (Å²) in [6.45, 7) is 3.81. The van der Waals surface area contributed by atoms with Gasteiger partial charge in [-0.05, 0) is 43.0 Å². The van der Waals surface area contributed by atoms with Gasteiger partial charge in [0.2, 0.25) is 0 Å². The zero-order chi connectivity index (χ0) is 21.8. The summed E-state index contributed by atoms with van der Waals surface area (Å²) in [4.78, 5) is 25.7. The summed E-state index contributed by atoms with van der Waals surface area (Å²) in [5, 5.41) is 0. The van der Waals surface area contributed by atoms with Gasteiger partial charge in [0.05, 0.1) is 17.3 Å². The molecule has 160 valence electrons. The van der Waals surface area contributed by atoms with Crippen molar-refractivity contribution in [3.8, 4) is 11.1 Å². The highest BCUT2D eigenvalue weighted by atomic mass is 16.2. The molecule has 1 aromatic heterocycles. The number of nitrogens with zero attached hydrogens (tertiary/aromatic N) is 4. The Hall–Kier alpha value is -3.05. The van der Waals surface area contributed by atoms with Gasteiger partial charge in [0.15, 0.2) is 0 Å². The first kappa shape index (κ1) is 21.2. The summed E-state index contributed by atoms with van der Waals surface area (Å²) in [7, 11) is 3.50. The first-order valence-electron chi connectivity index (χ1n) is 11.0. The van der Waals surface area contributed by atoms with Crippen molar-refractivity contribution in [2.75, 3.05) is 20.6 Å². The van der Waals surface area contributed by atoms with E-state index in [-0.39, 0.29) is 11.9 Å². The third-order valence-corrected chi connectivity index (χ3v) is 5.99. The van der Waals surface area contributed by atoms with Crippen LogP contribution in [0.15, 0.2) is 60.8 Å². The normalized spacial score (nSPS) is 16.8. The van der Waals surface area contributed by atoms with Crippen LogP contribution in [-0.4, -0.2) is 46.3 Å². The standard InChI is InChI=1S/C26H30N4O/c1-19-23(26(31)29(2)3)17-27-25(28-19)24-11-7-8-16-30(24)18-20-12-14-22(15-13-20)21-9-5-4-6-10-21/h4-6,9-10,12-15,17,24H,7-8,11,16,18H2,1-3H3. The largest absolute Gasteiger partial charge is 0.345 e. The third kappa shape index (κ3) is 4.83. The summed E-state index contributed by atoms with van der Waals surface area (Å²) in [6.07, 6.45) is 5.10. The number of aryl methyl sites for hydroxylation is 1. The Bertz CT molecular complexity index is 1030. The number of benzene rings is 2. The molecule has 1 unspecified atom stereocenters. The lowest BCUT2D eigenvalue weighted by atomic mass is 9.99. The van der Waals surface area contributed by atoms with E-state index in [1.807, 2.05) is 13.0 Å². The number of hydrogen-bond acceptors (Lipinski definition) is 4. The van der Waals surface area contributed by atoms with Crippen molar-refractivity contribution in [3.05, 3.63) is 83.4 Å². The van der Waals surface area contributed by atoms with E-state index in [0.29, 0.717) is 5.56 Å². The molecule has 5 heteroatoms. The summed E-state index contributed by atoms with van der Waals surface area (Å²) >= 11 is 0. The van der Waals surface area contributed by atoms with Gasteiger partial charge in [-0.25, -0.2) is 9.97 Å². The molecule has 2 aromatic carbocycles. The van der Waals surface area contributed by atoms with E-state index in [9.17, 15) is 4.79 Å². The van der Waals surface area contributed by atoms with Crippen LogP contribution in [0.3, 0.4) is 0 Å². The minimum atomic E-state index is -0.0527. The first-order valence-corrected chi connectivity index (χ1v) is 11.0. The van der Waals surface area contributed by atoms with Gasteiger partial charge in [0, 0.05) is 26.8 Å². The molecule has 0 spiro atoms. The highest BCUT2D eigenvalue weighted by Gasteiger charge is 2.27. The zero-order valence-corrected chi connectivity index (χ0v) is 18.6. The molecule has 3 aromatic rings. The molecule has 1 aliphatic heterocycles. The van der Waals surface area contributed by atoms with Crippen molar-refractivity contribution < 1.29 is 4.79 Å². The average molecular weight is 415 g/mol. The van der Waals surface area contributed by atoms with Crippen molar-refractivity contribution in [1.29, 1.82) is 0 Å². The van der Waals surface area contributed by atoms with Crippen molar-refractivity contribution in [1.82, 2.24) is 19.8 Å². The number of hydrogen-bond donors (Lipinski definition) is 0. The van der Waals surface area contributed by atoms with Crippen LogP contribution in [0.2, 0.25) is 0 Å². The van der Waals surface area contributed by atoms with Crippen molar-refractivity contribution in [2.24, 2.45) is 0 Å². The number of rotatable bonds is 5. The number of piperidine rings is 1. The topological polar surface area (TPSA) is 49.3 Å². The molecular formula is C26H30N4O. The summed E-state index contributed by atoms with van der Waals surface area (Å²) < 4.78 is 0. The fourth-order valence-corrected chi connectivity index (χ4v) is 4.24. The summed E-state index contributed by atoms with van der Waals surface area (Å²) in [5.74, 6) is 0.775. The molecule has 1 aliphatic rings. The monoisotopic (exact) mass is 414 g/mol. The van der Waals surface area contributed by atoms with Gasteiger partial charge >= 0.3 is 0 Å². The van der Waals surface area contributed by atoms with Crippen molar-refractivity contribution in [2.45, 2.75) is 38.8 Å². The highest BCUT2D eigenvalue weighted by Crippen LogP contribution is 2.31. The summed E-state index contributed by atoms with van der Waals surface area (Å²) in [5.41, 5.74) is 5.09. The lowest BCUT2D eigenvalue weighted by molar-refractivity contribution is 0.0825. The molecule has 4 rings (SSSR count).